The van der Waals surface area contributed by atoms with Crippen molar-refractivity contribution < 1.29 is 9.53 Å². The number of benzene rings is 1. The molecule has 1 amide bonds. The van der Waals surface area contributed by atoms with E-state index in [0.29, 0.717) is 18.3 Å². The highest BCUT2D eigenvalue weighted by molar-refractivity contribution is 6.07. The number of aliphatic imine (C=N–C) groups is 1. The summed E-state index contributed by atoms with van der Waals surface area (Å²) in [5, 5.41) is 0. The molecule has 0 radical (unpaired) electrons. The molecule has 1 aromatic carbocycles. The number of carbonyl (C=O) groups excluding carboxylic acids is 1. The molecule has 5 nitrogen and oxygen atoms in total. The molecule has 27 heavy (non-hydrogen) atoms. The van der Waals surface area contributed by atoms with Crippen LogP contribution in [0.3, 0.4) is 0 Å². The van der Waals surface area contributed by atoms with Crippen LogP contribution in [0.1, 0.15) is 63.0 Å². The van der Waals surface area contributed by atoms with Gasteiger partial charge in [0.1, 0.15) is 11.4 Å². The van der Waals surface area contributed by atoms with Crippen LogP contribution in [0, 0.1) is 18.3 Å². The molecule has 2 heterocycles. The van der Waals surface area contributed by atoms with Crippen LogP contribution in [0.2, 0.25) is 0 Å². The Labute approximate surface area is 161 Å². The molecule has 4 rings (SSSR count). The summed E-state index contributed by atoms with van der Waals surface area (Å²) >= 11 is 0. The van der Waals surface area contributed by atoms with Gasteiger partial charge in [-0.25, -0.2) is 4.99 Å². The van der Waals surface area contributed by atoms with Crippen molar-refractivity contribution in [2.45, 2.75) is 63.0 Å². The van der Waals surface area contributed by atoms with E-state index >= 15 is 0 Å². The Balaban J connectivity index is 1.80. The van der Waals surface area contributed by atoms with Crippen LogP contribution in [-0.2, 0) is 10.3 Å². The average Bonchev–Trinajstić information content (AvgIpc) is 2.85. The number of ether oxygens (including phenoxy) is 1. The number of fused-ring (bicyclic) bond motifs is 2. The number of nitrogens with two attached hydrogens (primary N) is 1. The summed E-state index contributed by atoms with van der Waals surface area (Å²) in [6.45, 7) is 3.98. The minimum Gasteiger partial charge on any atom is -0.487 e. The predicted octanol–water partition coefficient (Wildman–Crippen LogP) is 3.14. The van der Waals surface area contributed by atoms with Gasteiger partial charge in [-0.15, -0.1) is 12.3 Å². The van der Waals surface area contributed by atoms with E-state index in [1.165, 1.54) is 10.5 Å². The van der Waals surface area contributed by atoms with Gasteiger partial charge in [-0.05, 0) is 56.7 Å². The molecule has 1 saturated carbocycles. The van der Waals surface area contributed by atoms with Crippen molar-refractivity contribution in [3.05, 3.63) is 29.3 Å². The van der Waals surface area contributed by atoms with E-state index in [1.807, 2.05) is 19.9 Å². The highest BCUT2D eigenvalue weighted by Gasteiger charge is 2.55. The summed E-state index contributed by atoms with van der Waals surface area (Å²) in [4.78, 5) is 19.3. The van der Waals surface area contributed by atoms with E-state index in [2.05, 4.69) is 23.0 Å². The molecule has 1 aromatic rings. The molecule has 1 aliphatic carbocycles. The summed E-state index contributed by atoms with van der Waals surface area (Å²) in [6.07, 6.45) is 10.5. The quantitative estimate of drug-likeness (QED) is 0.778. The number of hydrogen-bond acceptors (Lipinski definition) is 4. The first-order valence-electron chi connectivity index (χ1n) is 9.69. The number of likely N-dealkylation sites (N-methyl/N-ethyl adjacent to an activating group) is 1. The SMILES string of the molecule is C#CC1CCCC(c2ccc3c(c2)C2(CC(C)(C)O3)N=C(N)N(C)C2=O)C1. The van der Waals surface area contributed by atoms with Gasteiger partial charge in [0.15, 0.2) is 11.5 Å². The van der Waals surface area contributed by atoms with Crippen molar-refractivity contribution in [2.24, 2.45) is 16.6 Å². The molecular weight excluding hydrogens is 338 g/mol. The van der Waals surface area contributed by atoms with Gasteiger partial charge < -0.3 is 10.5 Å². The fraction of sp³-hybridized carbons (Fsp3) is 0.545. The first-order chi connectivity index (χ1) is 12.8. The maximum Gasteiger partial charge on any atom is 0.261 e. The first-order valence-corrected chi connectivity index (χ1v) is 9.69. The van der Waals surface area contributed by atoms with Crippen molar-refractivity contribution >= 4 is 11.9 Å². The lowest BCUT2D eigenvalue weighted by molar-refractivity contribution is -0.133. The Morgan fingerprint density at radius 1 is 1.37 bits per heavy atom. The third-order valence-electron chi connectivity index (χ3n) is 6.21. The number of carbonyl (C=O) groups is 1. The molecule has 0 saturated heterocycles. The molecule has 3 aliphatic rings. The Bertz CT molecular complexity index is 867. The van der Waals surface area contributed by atoms with Crippen LogP contribution in [0.5, 0.6) is 5.75 Å². The largest absolute Gasteiger partial charge is 0.487 e. The van der Waals surface area contributed by atoms with E-state index in [-0.39, 0.29) is 11.9 Å². The van der Waals surface area contributed by atoms with Crippen molar-refractivity contribution in [2.75, 3.05) is 7.05 Å². The second kappa shape index (κ2) is 6.02. The molecule has 0 aromatic heterocycles. The molecule has 3 unspecified atom stereocenters. The standard InChI is InChI=1S/C22H27N3O2/c1-5-14-7-6-8-15(11-14)16-9-10-18-17(12-16)22(13-21(2,3)27-18)19(26)25(4)20(23)24-22/h1,9-10,12,14-15H,6-8,11,13H2,2-4H3,(H2,23,24). The van der Waals surface area contributed by atoms with Crippen LogP contribution in [0.25, 0.3) is 0 Å². The van der Waals surface area contributed by atoms with E-state index in [0.717, 1.165) is 37.0 Å². The van der Waals surface area contributed by atoms with E-state index < -0.39 is 11.1 Å². The van der Waals surface area contributed by atoms with E-state index in [1.54, 1.807) is 7.05 Å². The normalized spacial score (nSPS) is 31.9. The third kappa shape index (κ3) is 2.79. The second-order valence-electron chi connectivity index (χ2n) is 8.72. The molecule has 2 aliphatic heterocycles. The number of guanidine groups is 1. The van der Waals surface area contributed by atoms with Gasteiger partial charge in [0.25, 0.3) is 5.91 Å². The Morgan fingerprint density at radius 3 is 2.81 bits per heavy atom. The number of rotatable bonds is 1. The van der Waals surface area contributed by atoms with Crippen molar-refractivity contribution in [3.8, 4) is 18.1 Å². The zero-order valence-electron chi connectivity index (χ0n) is 16.3. The van der Waals surface area contributed by atoms with Gasteiger partial charge in [-0.2, -0.15) is 0 Å². The third-order valence-corrected chi connectivity index (χ3v) is 6.21. The molecule has 1 spiro atoms. The minimum absolute atomic E-state index is 0.0834. The maximum atomic E-state index is 13.2. The number of terminal acetylenes is 1. The van der Waals surface area contributed by atoms with E-state index in [9.17, 15) is 4.79 Å². The zero-order chi connectivity index (χ0) is 19.4. The van der Waals surface area contributed by atoms with Crippen LogP contribution in [0.15, 0.2) is 23.2 Å². The summed E-state index contributed by atoms with van der Waals surface area (Å²) in [5.74, 6) is 4.56. The second-order valence-corrected chi connectivity index (χ2v) is 8.72. The lowest BCUT2D eigenvalue weighted by Crippen LogP contribution is -2.49. The number of hydrogen-bond donors (Lipinski definition) is 1. The predicted molar refractivity (Wildman–Crippen MR) is 105 cm³/mol. The summed E-state index contributed by atoms with van der Waals surface area (Å²) in [5.41, 5.74) is 6.58. The molecule has 2 N–H and O–H groups in total. The van der Waals surface area contributed by atoms with Gasteiger partial charge >= 0.3 is 0 Å². The van der Waals surface area contributed by atoms with Crippen LogP contribution >= 0.6 is 0 Å². The number of amides is 1. The van der Waals surface area contributed by atoms with Gasteiger partial charge in [-0.1, -0.05) is 12.5 Å². The van der Waals surface area contributed by atoms with Gasteiger partial charge in [0, 0.05) is 24.9 Å². The van der Waals surface area contributed by atoms with Crippen LogP contribution in [-0.4, -0.2) is 29.4 Å². The smallest absolute Gasteiger partial charge is 0.261 e. The molecular formula is C22H27N3O2. The highest BCUT2D eigenvalue weighted by Crippen LogP contribution is 2.50. The Morgan fingerprint density at radius 2 is 2.15 bits per heavy atom. The van der Waals surface area contributed by atoms with Gasteiger partial charge in [0.05, 0.1) is 0 Å². The highest BCUT2D eigenvalue weighted by atomic mass is 16.5. The molecule has 1 fully saturated rings. The monoisotopic (exact) mass is 365 g/mol. The molecule has 3 atom stereocenters. The topological polar surface area (TPSA) is 67.9 Å². The summed E-state index contributed by atoms with van der Waals surface area (Å²) in [7, 11) is 1.68. The molecule has 0 bridgehead atoms. The van der Waals surface area contributed by atoms with Gasteiger partial charge in [0.2, 0.25) is 0 Å². The average molecular weight is 365 g/mol. The number of nitrogens with zero attached hydrogens (tertiary/aromatic N) is 2. The van der Waals surface area contributed by atoms with Crippen LogP contribution < -0.4 is 10.5 Å². The summed E-state index contributed by atoms with van der Waals surface area (Å²) in [6, 6.07) is 6.22. The van der Waals surface area contributed by atoms with Crippen molar-refractivity contribution in [3.63, 3.8) is 0 Å². The molecule has 142 valence electrons. The first kappa shape index (κ1) is 17.9. The van der Waals surface area contributed by atoms with Gasteiger partial charge in [-0.3, -0.25) is 9.69 Å². The van der Waals surface area contributed by atoms with Crippen molar-refractivity contribution in [1.29, 1.82) is 0 Å². The zero-order valence-corrected chi connectivity index (χ0v) is 16.3. The molecule has 5 heteroatoms. The minimum atomic E-state index is -0.994. The lowest BCUT2D eigenvalue weighted by atomic mass is 9.74. The maximum absolute atomic E-state index is 13.2. The van der Waals surface area contributed by atoms with Crippen LogP contribution in [0.4, 0.5) is 0 Å². The Hall–Kier alpha value is -2.48. The summed E-state index contributed by atoms with van der Waals surface area (Å²) < 4.78 is 6.20. The van der Waals surface area contributed by atoms with Crippen molar-refractivity contribution in [1.82, 2.24) is 4.90 Å². The Kier molecular flexibility index (Phi) is 3.99. The van der Waals surface area contributed by atoms with E-state index in [4.69, 9.17) is 16.9 Å². The lowest BCUT2D eigenvalue weighted by Gasteiger charge is -2.41. The fourth-order valence-electron chi connectivity index (χ4n) is 4.89. The fourth-order valence-corrected chi connectivity index (χ4v) is 4.89.